The van der Waals surface area contributed by atoms with Crippen molar-refractivity contribution in [3.8, 4) is 0 Å². The van der Waals surface area contributed by atoms with Gasteiger partial charge in [-0.2, -0.15) is 0 Å². The zero-order valence-corrected chi connectivity index (χ0v) is 14.5. The zero-order chi connectivity index (χ0) is 17.4. The SMILES string of the molecule is C/C(=C\c1ccccc1)[C@@H]1CC(=O)NCc2nc3c(C)cccn3c21. The number of carbonyl (C=O) groups is 1. The van der Waals surface area contributed by atoms with Gasteiger partial charge in [0.2, 0.25) is 5.91 Å². The number of amides is 1. The minimum absolute atomic E-state index is 0.0227. The molecule has 4 rings (SSSR count). The highest BCUT2D eigenvalue weighted by Crippen LogP contribution is 2.34. The molecule has 0 fully saturated rings. The Bertz CT molecular complexity index is 969. The quantitative estimate of drug-likeness (QED) is 0.775. The van der Waals surface area contributed by atoms with Crippen molar-refractivity contribution < 1.29 is 4.79 Å². The van der Waals surface area contributed by atoms with E-state index in [2.05, 4.69) is 47.8 Å². The summed E-state index contributed by atoms with van der Waals surface area (Å²) in [5, 5.41) is 2.99. The Morgan fingerprint density at radius 1 is 1.24 bits per heavy atom. The molecular weight excluding hydrogens is 310 g/mol. The Kier molecular flexibility index (Phi) is 3.88. The van der Waals surface area contributed by atoms with Crippen LogP contribution in [-0.2, 0) is 11.3 Å². The van der Waals surface area contributed by atoms with Gasteiger partial charge in [0, 0.05) is 18.5 Å². The summed E-state index contributed by atoms with van der Waals surface area (Å²) in [7, 11) is 0. The monoisotopic (exact) mass is 331 g/mol. The summed E-state index contributed by atoms with van der Waals surface area (Å²) in [6.07, 6.45) is 4.67. The fraction of sp³-hybridized carbons (Fsp3) is 0.238. The highest BCUT2D eigenvalue weighted by Gasteiger charge is 2.28. The Hall–Kier alpha value is -2.88. The zero-order valence-electron chi connectivity index (χ0n) is 14.5. The smallest absolute Gasteiger partial charge is 0.221 e. The standard InChI is InChI=1S/C21H21N3O/c1-14-7-6-10-24-20-17(15(2)11-16-8-4-3-5-9-16)12-19(25)22-13-18(20)23-21(14)24/h3-11,17H,12-13H2,1-2H3,(H,22,25)/b15-11+/t17-/m0/s1. The number of allylic oxidation sites excluding steroid dienone is 1. The number of hydrogen-bond acceptors (Lipinski definition) is 2. The van der Waals surface area contributed by atoms with Crippen LogP contribution in [0.5, 0.6) is 0 Å². The molecule has 1 aliphatic heterocycles. The molecule has 0 saturated heterocycles. The number of pyridine rings is 1. The van der Waals surface area contributed by atoms with Crippen LogP contribution < -0.4 is 5.32 Å². The molecule has 0 radical (unpaired) electrons. The van der Waals surface area contributed by atoms with Crippen molar-refractivity contribution in [2.24, 2.45) is 0 Å². The molecule has 1 atom stereocenters. The largest absolute Gasteiger partial charge is 0.350 e. The van der Waals surface area contributed by atoms with Gasteiger partial charge in [-0.25, -0.2) is 4.98 Å². The maximum atomic E-state index is 12.2. The molecular formula is C21H21N3O. The lowest BCUT2D eigenvalue weighted by atomic mass is 9.91. The van der Waals surface area contributed by atoms with E-state index in [1.807, 2.05) is 30.5 Å². The highest BCUT2D eigenvalue weighted by atomic mass is 16.1. The number of imidazole rings is 1. The Balaban J connectivity index is 1.87. The van der Waals surface area contributed by atoms with E-state index in [9.17, 15) is 4.79 Å². The first-order valence-corrected chi connectivity index (χ1v) is 8.60. The lowest BCUT2D eigenvalue weighted by Crippen LogP contribution is -2.21. The van der Waals surface area contributed by atoms with Crippen molar-refractivity contribution in [2.75, 3.05) is 0 Å². The highest BCUT2D eigenvalue weighted by molar-refractivity contribution is 5.79. The van der Waals surface area contributed by atoms with Crippen molar-refractivity contribution in [3.63, 3.8) is 0 Å². The number of nitrogens with one attached hydrogen (secondary N) is 1. The Morgan fingerprint density at radius 2 is 2.04 bits per heavy atom. The van der Waals surface area contributed by atoms with Gasteiger partial charge in [0.1, 0.15) is 5.65 Å². The number of aryl methyl sites for hydroxylation is 1. The minimum atomic E-state index is 0.0227. The van der Waals surface area contributed by atoms with E-state index in [1.165, 1.54) is 5.57 Å². The van der Waals surface area contributed by atoms with Crippen LogP contribution in [0.3, 0.4) is 0 Å². The van der Waals surface area contributed by atoms with Gasteiger partial charge in [0.05, 0.1) is 17.9 Å². The summed E-state index contributed by atoms with van der Waals surface area (Å²) >= 11 is 0. The molecule has 3 aromatic rings. The molecule has 1 aliphatic rings. The van der Waals surface area contributed by atoms with Gasteiger partial charge in [-0.1, -0.05) is 48.0 Å². The fourth-order valence-electron chi connectivity index (χ4n) is 3.59. The molecule has 4 heteroatoms. The van der Waals surface area contributed by atoms with E-state index in [4.69, 9.17) is 4.98 Å². The number of fused-ring (bicyclic) bond motifs is 3. The van der Waals surface area contributed by atoms with Crippen LogP contribution in [-0.4, -0.2) is 15.3 Å². The Morgan fingerprint density at radius 3 is 2.84 bits per heavy atom. The lowest BCUT2D eigenvalue weighted by molar-refractivity contribution is -0.121. The normalized spacial score (nSPS) is 17.9. The number of benzene rings is 1. The van der Waals surface area contributed by atoms with E-state index in [-0.39, 0.29) is 11.8 Å². The molecule has 0 bridgehead atoms. The van der Waals surface area contributed by atoms with E-state index in [0.717, 1.165) is 28.2 Å². The molecule has 1 amide bonds. The third-order valence-electron chi connectivity index (χ3n) is 4.87. The molecule has 1 aromatic carbocycles. The molecule has 4 nitrogen and oxygen atoms in total. The van der Waals surface area contributed by atoms with Crippen molar-refractivity contribution in [3.05, 3.63) is 76.7 Å². The molecule has 126 valence electrons. The third kappa shape index (κ3) is 2.84. The first-order valence-electron chi connectivity index (χ1n) is 8.60. The maximum absolute atomic E-state index is 12.2. The van der Waals surface area contributed by atoms with Crippen LogP contribution >= 0.6 is 0 Å². The van der Waals surface area contributed by atoms with Crippen LogP contribution in [0.25, 0.3) is 11.7 Å². The van der Waals surface area contributed by atoms with Crippen LogP contribution in [0.2, 0.25) is 0 Å². The third-order valence-corrected chi connectivity index (χ3v) is 4.87. The van der Waals surface area contributed by atoms with Gasteiger partial charge in [0.25, 0.3) is 0 Å². The number of rotatable bonds is 2. The molecule has 2 aromatic heterocycles. The lowest BCUT2D eigenvalue weighted by Gasteiger charge is -2.16. The summed E-state index contributed by atoms with van der Waals surface area (Å²) in [6.45, 7) is 4.67. The first kappa shape index (κ1) is 15.6. The van der Waals surface area contributed by atoms with Crippen molar-refractivity contribution >= 4 is 17.6 Å². The average Bonchev–Trinajstić information content (AvgIpc) is 2.90. The van der Waals surface area contributed by atoms with E-state index >= 15 is 0 Å². The molecule has 25 heavy (non-hydrogen) atoms. The van der Waals surface area contributed by atoms with Crippen molar-refractivity contribution in [1.29, 1.82) is 0 Å². The molecule has 0 saturated carbocycles. The van der Waals surface area contributed by atoms with Gasteiger partial charge in [-0.15, -0.1) is 0 Å². The number of hydrogen-bond donors (Lipinski definition) is 1. The summed E-state index contributed by atoms with van der Waals surface area (Å²) in [4.78, 5) is 17.1. The van der Waals surface area contributed by atoms with Crippen LogP contribution in [0.15, 0.2) is 54.2 Å². The van der Waals surface area contributed by atoms with Crippen LogP contribution in [0.4, 0.5) is 0 Å². The molecule has 1 N–H and O–H groups in total. The Labute approximate surface area is 147 Å². The van der Waals surface area contributed by atoms with Gasteiger partial charge < -0.3 is 9.72 Å². The maximum Gasteiger partial charge on any atom is 0.221 e. The number of carbonyl (C=O) groups excluding carboxylic acids is 1. The van der Waals surface area contributed by atoms with Crippen LogP contribution in [0.1, 0.15) is 41.8 Å². The number of nitrogens with zero attached hydrogens (tertiary/aromatic N) is 2. The van der Waals surface area contributed by atoms with Gasteiger partial charge >= 0.3 is 0 Å². The molecule has 3 heterocycles. The number of aromatic nitrogens is 2. The summed E-state index contributed by atoms with van der Waals surface area (Å²) in [5.74, 6) is 0.0970. The van der Waals surface area contributed by atoms with Crippen molar-refractivity contribution in [1.82, 2.24) is 14.7 Å². The van der Waals surface area contributed by atoms with Crippen molar-refractivity contribution in [2.45, 2.75) is 32.7 Å². The van der Waals surface area contributed by atoms with Gasteiger partial charge in [-0.3, -0.25) is 4.79 Å². The van der Waals surface area contributed by atoms with Gasteiger partial charge in [-0.05, 0) is 31.0 Å². The van der Waals surface area contributed by atoms with Gasteiger partial charge in [0.15, 0.2) is 0 Å². The molecule has 0 unspecified atom stereocenters. The average molecular weight is 331 g/mol. The van der Waals surface area contributed by atoms with E-state index < -0.39 is 0 Å². The second-order valence-electron chi connectivity index (χ2n) is 6.66. The molecule has 0 spiro atoms. The second-order valence-corrected chi connectivity index (χ2v) is 6.66. The molecule has 0 aliphatic carbocycles. The van der Waals surface area contributed by atoms with Crippen LogP contribution in [0, 0.1) is 6.92 Å². The summed E-state index contributed by atoms with van der Waals surface area (Å²) < 4.78 is 2.15. The summed E-state index contributed by atoms with van der Waals surface area (Å²) in [6, 6.07) is 14.3. The predicted octanol–water partition coefficient (Wildman–Crippen LogP) is 3.85. The van der Waals surface area contributed by atoms with E-state index in [0.29, 0.717) is 13.0 Å². The topological polar surface area (TPSA) is 46.4 Å². The minimum Gasteiger partial charge on any atom is -0.350 e. The summed E-state index contributed by atoms with van der Waals surface area (Å²) in [5.41, 5.74) is 6.53. The predicted molar refractivity (Wildman–Crippen MR) is 99.2 cm³/mol. The van der Waals surface area contributed by atoms with E-state index in [1.54, 1.807) is 0 Å². The first-order chi connectivity index (χ1) is 12.1. The second kappa shape index (κ2) is 6.20. The fourth-order valence-corrected chi connectivity index (χ4v) is 3.59.